The van der Waals surface area contributed by atoms with Crippen molar-refractivity contribution in [1.29, 1.82) is 0 Å². The van der Waals surface area contributed by atoms with E-state index in [1.54, 1.807) is 28.9 Å². The predicted octanol–water partition coefficient (Wildman–Crippen LogP) is 4.92. The van der Waals surface area contributed by atoms with Crippen LogP contribution in [0.1, 0.15) is 23.6 Å². The summed E-state index contributed by atoms with van der Waals surface area (Å²) in [6.45, 7) is 2.99. The van der Waals surface area contributed by atoms with Gasteiger partial charge in [-0.05, 0) is 41.9 Å². The molecular formula is C15H15NOS2. The number of furan rings is 1. The van der Waals surface area contributed by atoms with Crippen molar-refractivity contribution >= 4 is 22.7 Å². The van der Waals surface area contributed by atoms with Crippen molar-refractivity contribution in [1.82, 2.24) is 5.32 Å². The minimum Gasteiger partial charge on any atom is -0.468 e. The van der Waals surface area contributed by atoms with Gasteiger partial charge in [0.2, 0.25) is 0 Å². The second kappa shape index (κ2) is 5.74. The zero-order chi connectivity index (χ0) is 13.1. The maximum absolute atomic E-state index is 5.39. The molecule has 98 valence electrons. The van der Waals surface area contributed by atoms with Crippen LogP contribution in [0, 0.1) is 0 Å². The molecule has 0 fully saturated rings. The van der Waals surface area contributed by atoms with Gasteiger partial charge in [-0.25, -0.2) is 0 Å². The summed E-state index contributed by atoms with van der Waals surface area (Å²) in [4.78, 5) is 2.68. The maximum atomic E-state index is 5.39. The average molecular weight is 289 g/mol. The standard InChI is InChI=1S/C15H15NOS2/c1-11(14-4-2-6-17-14)16-9-13-8-12(10-19-13)15-5-3-7-18-15/h2-8,10-11,16H,9H2,1H3. The van der Waals surface area contributed by atoms with E-state index in [9.17, 15) is 0 Å². The van der Waals surface area contributed by atoms with Gasteiger partial charge in [0.25, 0.3) is 0 Å². The van der Waals surface area contributed by atoms with E-state index in [1.165, 1.54) is 15.3 Å². The molecule has 4 heteroatoms. The molecular weight excluding hydrogens is 274 g/mol. The minimum absolute atomic E-state index is 0.238. The number of thiophene rings is 2. The van der Waals surface area contributed by atoms with E-state index >= 15 is 0 Å². The number of nitrogens with one attached hydrogen (secondary N) is 1. The quantitative estimate of drug-likeness (QED) is 0.721. The smallest absolute Gasteiger partial charge is 0.120 e. The van der Waals surface area contributed by atoms with Crippen LogP contribution in [0.2, 0.25) is 0 Å². The second-order valence-electron chi connectivity index (χ2n) is 4.40. The van der Waals surface area contributed by atoms with E-state index in [0.717, 1.165) is 12.3 Å². The Labute approximate surface area is 120 Å². The van der Waals surface area contributed by atoms with Crippen molar-refractivity contribution in [3.05, 3.63) is 58.0 Å². The van der Waals surface area contributed by atoms with Crippen LogP contribution in [0.3, 0.4) is 0 Å². The average Bonchev–Trinajstić information content (AvgIpc) is 3.14. The summed E-state index contributed by atoms with van der Waals surface area (Å²) in [7, 11) is 0. The molecule has 1 atom stereocenters. The van der Waals surface area contributed by atoms with Crippen LogP contribution < -0.4 is 5.32 Å². The van der Waals surface area contributed by atoms with E-state index in [4.69, 9.17) is 4.42 Å². The summed E-state index contributed by atoms with van der Waals surface area (Å²) in [6.07, 6.45) is 1.72. The molecule has 0 spiro atoms. The molecule has 0 radical (unpaired) electrons. The molecule has 19 heavy (non-hydrogen) atoms. The Hall–Kier alpha value is -1.36. The highest BCUT2D eigenvalue weighted by molar-refractivity contribution is 7.14. The molecule has 0 saturated carbocycles. The lowest BCUT2D eigenvalue weighted by Crippen LogP contribution is -2.16. The molecule has 3 rings (SSSR count). The van der Waals surface area contributed by atoms with Crippen molar-refractivity contribution in [2.75, 3.05) is 0 Å². The first kappa shape index (κ1) is 12.7. The van der Waals surface area contributed by atoms with E-state index in [0.29, 0.717) is 0 Å². The van der Waals surface area contributed by atoms with E-state index < -0.39 is 0 Å². The molecule has 2 nitrogen and oxygen atoms in total. The van der Waals surface area contributed by atoms with Gasteiger partial charge in [-0.2, -0.15) is 0 Å². The van der Waals surface area contributed by atoms with Crippen LogP contribution in [0.15, 0.2) is 51.8 Å². The number of rotatable bonds is 5. The maximum Gasteiger partial charge on any atom is 0.120 e. The van der Waals surface area contributed by atoms with Crippen molar-refractivity contribution < 1.29 is 4.42 Å². The molecule has 1 unspecified atom stereocenters. The molecule has 0 aliphatic heterocycles. The Morgan fingerprint density at radius 2 is 2.21 bits per heavy atom. The third-order valence-corrected chi connectivity index (χ3v) is 4.87. The molecule has 0 aliphatic carbocycles. The zero-order valence-electron chi connectivity index (χ0n) is 10.6. The summed E-state index contributed by atoms with van der Waals surface area (Å²) >= 11 is 3.58. The van der Waals surface area contributed by atoms with Gasteiger partial charge in [0.05, 0.1) is 12.3 Å². The first-order valence-electron chi connectivity index (χ1n) is 6.21. The van der Waals surface area contributed by atoms with E-state index in [2.05, 4.69) is 41.2 Å². The van der Waals surface area contributed by atoms with Crippen molar-refractivity contribution in [3.63, 3.8) is 0 Å². The second-order valence-corrected chi connectivity index (χ2v) is 6.34. The molecule has 0 aromatic carbocycles. The summed E-state index contributed by atoms with van der Waals surface area (Å²) in [5.74, 6) is 0.982. The summed E-state index contributed by atoms with van der Waals surface area (Å²) in [5, 5.41) is 7.82. The Morgan fingerprint density at radius 1 is 1.26 bits per heavy atom. The van der Waals surface area contributed by atoms with Gasteiger partial charge in [0, 0.05) is 21.9 Å². The van der Waals surface area contributed by atoms with Crippen LogP contribution in [0.5, 0.6) is 0 Å². The Bertz CT molecular complexity index is 610. The lowest BCUT2D eigenvalue weighted by Gasteiger charge is -2.09. The summed E-state index contributed by atoms with van der Waals surface area (Å²) < 4.78 is 5.39. The highest BCUT2D eigenvalue weighted by Gasteiger charge is 2.08. The minimum atomic E-state index is 0.238. The topological polar surface area (TPSA) is 25.2 Å². The van der Waals surface area contributed by atoms with Gasteiger partial charge in [-0.15, -0.1) is 22.7 Å². The zero-order valence-corrected chi connectivity index (χ0v) is 12.3. The molecule has 0 aliphatic rings. The van der Waals surface area contributed by atoms with Gasteiger partial charge < -0.3 is 9.73 Å². The van der Waals surface area contributed by atoms with E-state index in [1.807, 2.05) is 12.1 Å². The lowest BCUT2D eigenvalue weighted by molar-refractivity contribution is 0.431. The van der Waals surface area contributed by atoms with Crippen LogP contribution in [-0.2, 0) is 6.54 Å². The Morgan fingerprint density at radius 3 is 2.95 bits per heavy atom. The van der Waals surface area contributed by atoms with Gasteiger partial charge in [-0.1, -0.05) is 6.07 Å². The monoisotopic (exact) mass is 289 g/mol. The van der Waals surface area contributed by atoms with Gasteiger partial charge >= 0.3 is 0 Å². The van der Waals surface area contributed by atoms with Gasteiger partial charge in [0.15, 0.2) is 0 Å². The first-order valence-corrected chi connectivity index (χ1v) is 7.97. The fourth-order valence-corrected chi connectivity index (χ4v) is 3.56. The van der Waals surface area contributed by atoms with Crippen LogP contribution in [0.25, 0.3) is 10.4 Å². The van der Waals surface area contributed by atoms with E-state index in [-0.39, 0.29) is 6.04 Å². The Kier molecular flexibility index (Phi) is 3.82. The van der Waals surface area contributed by atoms with Crippen LogP contribution in [-0.4, -0.2) is 0 Å². The predicted molar refractivity (Wildman–Crippen MR) is 81.6 cm³/mol. The fourth-order valence-electron chi connectivity index (χ4n) is 1.94. The largest absolute Gasteiger partial charge is 0.468 e. The van der Waals surface area contributed by atoms with Gasteiger partial charge in [-0.3, -0.25) is 0 Å². The van der Waals surface area contributed by atoms with Crippen molar-refractivity contribution in [3.8, 4) is 10.4 Å². The molecule has 3 aromatic rings. The normalized spacial score (nSPS) is 12.7. The van der Waals surface area contributed by atoms with Crippen molar-refractivity contribution in [2.45, 2.75) is 19.5 Å². The highest BCUT2D eigenvalue weighted by atomic mass is 32.1. The van der Waals surface area contributed by atoms with Crippen molar-refractivity contribution in [2.24, 2.45) is 0 Å². The molecule has 0 amide bonds. The lowest BCUT2D eigenvalue weighted by atomic mass is 10.2. The number of hydrogen-bond acceptors (Lipinski definition) is 4. The SMILES string of the molecule is CC(NCc1cc(-c2cccs2)cs1)c1ccco1. The third-order valence-electron chi connectivity index (χ3n) is 3.01. The molecule has 1 N–H and O–H groups in total. The first-order chi connectivity index (χ1) is 9.33. The molecule has 0 bridgehead atoms. The summed E-state index contributed by atoms with van der Waals surface area (Å²) in [6, 6.07) is 10.7. The summed E-state index contributed by atoms with van der Waals surface area (Å²) in [5.41, 5.74) is 1.32. The highest BCUT2D eigenvalue weighted by Crippen LogP contribution is 2.29. The fraction of sp³-hybridized carbons (Fsp3) is 0.200. The van der Waals surface area contributed by atoms with Gasteiger partial charge in [0.1, 0.15) is 5.76 Å². The van der Waals surface area contributed by atoms with Crippen LogP contribution >= 0.6 is 22.7 Å². The molecule has 0 saturated heterocycles. The van der Waals surface area contributed by atoms with Crippen LogP contribution in [0.4, 0.5) is 0 Å². The molecule has 3 heterocycles. The third kappa shape index (κ3) is 2.97. The number of hydrogen-bond donors (Lipinski definition) is 1. The molecule has 3 aromatic heterocycles. The Balaban J connectivity index is 1.62.